The van der Waals surface area contributed by atoms with Crippen molar-refractivity contribution in [2.75, 3.05) is 13.2 Å². The van der Waals surface area contributed by atoms with Crippen LogP contribution >= 0.6 is 0 Å². The van der Waals surface area contributed by atoms with E-state index in [4.69, 9.17) is 9.47 Å². The number of benzene rings is 1. The lowest BCUT2D eigenvalue weighted by Crippen LogP contribution is -2.36. The lowest BCUT2D eigenvalue weighted by Gasteiger charge is -2.21. The normalized spacial score (nSPS) is 20.1. The van der Waals surface area contributed by atoms with Crippen LogP contribution in [0.5, 0.6) is 5.75 Å². The second kappa shape index (κ2) is 5.22. The fourth-order valence-corrected chi connectivity index (χ4v) is 2.01. The summed E-state index contributed by atoms with van der Waals surface area (Å²) in [5.41, 5.74) is -0.0818. The van der Waals surface area contributed by atoms with Gasteiger partial charge in [-0.2, -0.15) is 0 Å². The molecule has 1 aromatic carbocycles. The summed E-state index contributed by atoms with van der Waals surface area (Å²) >= 11 is 0. The molecule has 0 spiro atoms. The molecule has 1 unspecified atom stereocenters. The standard InChI is InChI=1S/C12H15BF3O2/c1-9-4-5-12(11(7-9)13(14,15)16)18-8-10-3-2-6-17-10/h4-5,7,10H,2-3,6,8H2,1H3/q-1. The molecule has 18 heavy (non-hydrogen) atoms. The fourth-order valence-electron chi connectivity index (χ4n) is 2.01. The molecule has 100 valence electrons. The lowest BCUT2D eigenvalue weighted by atomic mass is 9.78. The minimum Gasteiger partial charge on any atom is -0.494 e. The molecule has 1 atom stereocenters. The molecule has 2 rings (SSSR count). The Hall–Kier alpha value is -1.17. The molecule has 2 nitrogen and oxygen atoms in total. The largest absolute Gasteiger partial charge is 0.513 e. The monoisotopic (exact) mass is 259 g/mol. The number of hydrogen-bond donors (Lipinski definition) is 0. The molecule has 1 fully saturated rings. The van der Waals surface area contributed by atoms with Crippen LogP contribution in [0.3, 0.4) is 0 Å². The van der Waals surface area contributed by atoms with Gasteiger partial charge in [0.05, 0.1) is 11.9 Å². The highest BCUT2D eigenvalue weighted by molar-refractivity contribution is 6.74. The third kappa shape index (κ3) is 3.19. The van der Waals surface area contributed by atoms with Crippen molar-refractivity contribution in [3.05, 3.63) is 23.8 Å². The maximum Gasteiger partial charge on any atom is 0.513 e. The summed E-state index contributed by atoms with van der Waals surface area (Å²) < 4.78 is 49.2. The summed E-state index contributed by atoms with van der Waals surface area (Å²) in [5.74, 6) is -0.0939. The predicted octanol–water partition coefficient (Wildman–Crippen LogP) is 2.61. The first kappa shape index (κ1) is 13.3. The van der Waals surface area contributed by atoms with Crippen molar-refractivity contribution < 1.29 is 22.4 Å². The smallest absolute Gasteiger partial charge is 0.494 e. The molecule has 1 saturated heterocycles. The number of ether oxygens (including phenoxy) is 2. The van der Waals surface area contributed by atoms with E-state index in [1.165, 1.54) is 6.07 Å². The van der Waals surface area contributed by atoms with Gasteiger partial charge in [-0.25, -0.2) is 0 Å². The second-order valence-corrected chi connectivity index (χ2v) is 4.56. The van der Waals surface area contributed by atoms with Crippen molar-refractivity contribution in [1.29, 1.82) is 0 Å². The maximum atomic E-state index is 12.9. The van der Waals surface area contributed by atoms with Gasteiger partial charge in [-0.3, -0.25) is 0 Å². The number of halogens is 3. The van der Waals surface area contributed by atoms with E-state index in [1.807, 2.05) is 0 Å². The van der Waals surface area contributed by atoms with Gasteiger partial charge in [0, 0.05) is 6.61 Å². The maximum absolute atomic E-state index is 12.9. The summed E-state index contributed by atoms with van der Waals surface area (Å²) in [4.78, 5) is 0. The molecule has 0 aliphatic carbocycles. The molecule has 1 aliphatic rings. The molecule has 0 amide bonds. The summed E-state index contributed by atoms with van der Waals surface area (Å²) in [6.45, 7) is -2.57. The van der Waals surface area contributed by atoms with Crippen molar-refractivity contribution in [3.63, 3.8) is 0 Å². The van der Waals surface area contributed by atoms with E-state index >= 15 is 0 Å². The Morgan fingerprint density at radius 3 is 2.78 bits per heavy atom. The van der Waals surface area contributed by atoms with Gasteiger partial charge in [-0.05, 0) is 25.8 Å². The van der Waals surface area contributed by atoms with Crippen LogP contribution in [0.2, 0.25) is 0 Å². The van der Waals surface area contributed by atoms with E-state index in [1.54, 1.807) is 13.0 Å². The van der Waals surface area contributed by atoms with E-state index in [0.29, 0.717) is 12.2 Å². The van der Waals surface area contributed by atoms with Crippen molar-refractivity contribution in [3.8, 4) is 5.75 Å². The van der Waals surface area contributed by atoms with Crippen LogP contribution in [0, 0.1) is 6.92 Å². The van der Waals surface area contributed by atoms with Crippen molar-refractivity contribution in [2.24, 2.45) is 0 Å². The van der Waals surface area contributed by atoms with E-state index in [0.717, 1.165) is 18.9 Å². The van der Waals surface area contributed by atoms with Gasteiger partial charge in [0.15, 0.2) is 0 Å². The average Bonchev–Trinajstić information content (AvgIpc) is 2.79. The lowest BCUT2D eigenvalue weighted by molar-refractivity contribution is 0.0682. The van der Waals surface area contributed by atoms with Crippen LogP contribution in [0.25, 0.3) is 0 Å². The van der Waals surface area contributed by atoms with Gasteiger partial charge in [-0.1, -0.05) is 23.2 Å². The van der Waals surface area contributed by atoms with Gasteiger partial charge in [0.2, 0.25) is 0 Å². The second-order valence-electron chi connectivity index (χ2n) is 4.56. The van der Waals surface area contributed by atoms with Gasteiger partial charge in [-0.15, -0.1) is 0 Å². The van der Waals surface area contributed by atoms with E-state index < -0.39 is 12.4 Å². The molecule has 6 heteroatoms. The van der Waals surface area contributed by atoms with Crippen LogP contribution in [0.15, 0.2) is 18.2 Å². The predicted molar refractivity (Wildman–Crippen MR) is 64.4 cm³/mol. The zero-order chi connectivity index (χ0) is 13.2. The van der Waals surface area contributed by atoms with Crippen LogP contribution in [-0.2, 0) is 4.74 Å². The van der Waals surface area contributed by atoms with Crippen LogP contribution in [0.1, 0.15) is 18.4 Å². The van der Waals surface area contributed by atoms with Crippen molar-refractivity contribution >= 4 is 12.4 Å². The Labute approximate surface area is 104 Å². The zero-order valence-electron chi connectivity index (χ0n) is 10.2. The SMILES string of the molecule is Cc1ccc(OCC2CCCO2)c([B-](F)(F)F)c1. The molecule has 0 radical (unpaired) electrons. The molecule has 0 aromatic heterocycles. The number of aryl methyl sites for hydroxylation is 1. The molecular weight excluding hydrogens is 244 g/mol. The van der Waals surface area contributed by atoms with E-state index in [2.05, 4.69) is 0 Å². The highest BCUT2D eigenvalue weighted by Crippen LogP contribution is 2.20. The Kier molecular flexibility index (Phi) is 3.85. The van der Waals surface area contributed by atoms with Gasteiger partial charge in [0.1, 0.15) is 6.61 Å². The zero-order valence-corrected chi connectivity index (χ0v) is 10.2. The fraction of sp³-hybridized carbons (Fsp3) is 0.500. The number of hydrogen-bond acceptors (Lipinski definition) is 2. The summed E-state index contributed by atoms with van der Waals surface area (Å²) in [5, 5.41) is 0. The van der Waals surface area contributed by atoms with Gasteiger partial charge < -0.3 is 22.4 Å². The first-order chi connectivity index (χ1) is 8.47. The summed E-state index contributed by atoms with van der Waals surface area (Å²) in [6, 6.07) is 4.13. The minimum absolute atomic E-state index is 0.0834. The first-order valence-corrected chi connectivity index (χ1v) is 6.02. The van der Waals surface area contributed by atoms with Gasteiger partial charge in [0.25, 0.3) is 0 Å². The third-order valence-corrected chi connectivity index (χ3v) is 2.97. The summed E-state index contributed by atoms with van der Waals surface area (Å²) in [7, 11) is 0. The summed E-state index contributed by atoms with van der Waals surface area (Å²) in [6.07, 6.45) is 1.70. The Morgan fingerprint density at radius 1 is 1.39 bits per heavy atom. The molecule has 0 bridgehead atoms. The molecule has 0 saturated carbocycles. The van der Waals surface area contributed by atoms with Crippen LogP contribution < -0.4 is 10.2 Å². The molecular formula is C12H15BF3O2-. The molecule has 1 heterocycles. The third-order valence-electron chi connectivity index (χ3n) is 2.97. The van der Waals surface area contributed by atoms with Crippen molar-refractivity contribution in [1.82, 2.24) is 0 Å². The highest BCUT2D eigenvalue weighted by atomic mass is 19.4. The van der Waals surface area contributed by atoms with Crippen LogP contribution in [-0.4, -0.2) is 26.3 Å². The van der Waals surface area contributed by atoms with Crippen LogP contribution in [0.4, 0.5) is 12.9 Å². The first-order valence-electron chi connectivity index (χ1n) is 6.02. The molecule has 1 aliphatic heterocycles. The average molecular weight is 259 g/mol. The quantitative estimate of drug-likeness (QED) is 0.774. The van der Waals surface area contributed by atoms with E-state index in [-0.39, 0.29) is 18.5 Å². The minimum atomic E-state index is -5.05. The highest BCUT2D eigenvalue weighted by Gasteiger charge is 2.29. The Morgan fingerprint density at radius 2 is 2.17 bits per heavy atom. The molecule has 1 aromatic rings. The number of rotatable bonds is 4. The van der Waals surface area contributed by atoms with Crippen molar-refractivity contribution in [2.45, 2.75) is 25.9 Å². The Bertz CT molecular complexity index is 414. The van der Waals surface area contributed by atoms with Gasteiger partial charge >= 0.3 is 6.98 Å². The van der Waals surface area contributed by atoms with E-state index in [9.17, 15) is 12.9 Å². The topological polar surface area (TPSA) is 18.5 Å². The Balaban J connectivity index is 2.11. The molecule has 0 N–H and O–H groups in total.